The second-order valence-electron chi connectivity index (χ2n) is 9.98. The number of amides is 4. The summed E-state index contributed by atoms with van der Waals surface area (Å²) in [7, 11) is 2.03. The van der Waals surface area contributed by atoms with Crippen LogP contribution in [0.1, 0.15) is 51.4 Å². The topological polar surface area (TPSA) is 128 Å². The Balaban J connectivity index is 1.61. The lowest BCUT2D eigenvalue weighted by Crippen LogP contribution is -2.61. The Bertz CT molecular complexity index is 758. The zero-order chi connectivity index (χ0) is 22.9. The molecule has 0 radical (unpaired) electrons. The van der Waals surface area contributed by atoms with Gasteiger partial charge in [0.25, 0.3) is 0 Å². The number of fused-ring (bicyclic) bond motifs is 8. The van der Waals surface area contributed by atoms with Crippen LogP contribution < -0.4 is 16.4 Å². The number of hydrogen-bond acceptors (Lipinski definition) is 6. The number of hydrogen-bond donors (Lipinski definition) is 3. The van der Waals surface area contributed by atoms with Gasteiger partial charge in [0, 0.05) is 38.6 Å². The molecule has 0 aliphatic carbocycles. The van der Waals surface area contributed by atoms with Gasteiger partial charge in [-0.05, 0) is 52.1 Å². The van der Waals surface area contributed by atoms with E-state index >= 15 is 0 Å². The highest BCUT2D eigenvalue weighted by Crippen LogP contribution is 2.30. The van der Waals surface area contributed by atoms with Gasteiger partial charge >= 0.3 is 0 Å². The van der Waals surface area contributed by atoms with E-state index in [4.69, 9.17) is 5.73 Å². The standard InChI is InChI=1S/C22H36N6O4/c1-26-11-6-22(7-12-26)14-18(29)24-16(20(23)31)13-19(30)27-9-4-15(5-10-27)28-8-2-3-17(28)21(32)25-22/h15-17H,2-14H2,1H3,(H2,23,31)(H,24,29)(H,25,32)/t16-,17-/m0/s1. The maximum absolute atomic E-state index is 13.5. The van der Waals surface area contributed by atoms with E-state index in [2.05, 4.69) is 20.4 Å². The van der Waals surface area contributed by atoms with E-state index in [0.717, 1.165) is 45.3 Å². The van der Waals surface area contributed by atoms with Gasteiger partial charge in [-0.25, -0.2) is 0 Å². The van der Waals surface area contributed by atoms with E-state index in [0.29, 0.717) is 25.9 Å². The first kappa shape index (κ1) is 23.0. The summed E-state index contributed by atoms with van der Waals surface area (Å²) in [4.78, 5) is 57.5. The average molecular weight is 449 g/mol. The molecule has 2 atom stereocenters. The molecule has 5 fully saturated rings. The molecule has 5 heterocycles. The van der Waals surface area contributed by atoms with Crippen molar-refractivity contribution >= 4 is 23.6 Å². The van der Waals surface area contributed by atoms with Crippen LogP contribution in [0.3, 0.4) is 0 Å². The highest BCUT2D eigenvalue weighted by atomic mass is 16.2. The van der Waals surface area contributed by atoms with Crippen molar-refractivity contribution in [3.8, 4) is 0 Å². The molecule has 0 aromatic carbocycles. The summed E-state index contributed by atoms with van der Waals surface area (Å²) >= 11 is 0. The van der Waals surface area contributed by atoms with Gasteiger partial charge in [0.05, 0.1) is 18.0 Å². The predicted octanol–water partition coefficient (Wildman–Crippen LogP) is -1.21. The molecule has 4 amide bonds. The van der Waals surface area contributed by atoms with E-state index in [9.17, 15) is 19.2 Å². The number of rotatable bonds is 1. The van der Waals surface area contributed by atoms with E-state index in [1.165, 1.54) is 0 Å². The summed E-state index contributed by atoms with van der Waals surface area (Å²) in [6.07, 6.45) is 4.67. The zero-order valence-corrected chi connectivity index (χ0v) is 19.0. The molecule has 0 saturated carbocycles. The average Bonchev–Trinajstić information content (AvgIpc) is 3.25. The van der Waals surface area contributed by atoms with Crippen molar-refractivity contribution in [1.29, 1.82) is 0 Å². The van der Waals surface area contributed by atoms with Crippen LogP contribution in [0.15, 0.2) is 0 Å². The van der Waals surface area contributed by atoms with E-state index in [-0.39, 0.29) is 42.6 Å². The third-order valence-corrected chi connectivity index (χ3v) is 7.77. The summed E-state index contributed by atoms with van der Waals surface area (Å²) in [5.74, 6) is -1.24. The molecule has 32 heavy (non-hydrogen) atoms. The molecule has 5 rings (SSSR count). The minimum Gasteiger partial charge on any atom is -0.368 e. The molecule has 0 unspecified atom stereocenters. The van der Waals surface area contributed by atoms with Crippen LogP contribution in [0, 0.1) is 0 Å². The molecule has 0 aromatic heterocycles. The van der Waals surface area contributed by atoms with Gasteiger partial charge in [-0.1, -0.05) is 0 Å². The quantitative estimate of drug-likeness (QED) is 0.462. The van der Waals surface area contributed by atoms with Crippen molar-refractivity contribution in [2.75, 3.05) is 39.8 Å². The Morgan fingerprint density at radius 2 is 1.72 bits per heavy atom. The van der Waals surface area contributed by atoms with Crippen LogP contribution in [-0.2, 0) is 19.2 Å². The highest BCUT2D eigenvalue weighted by Gasteiger charge is 2.43. The first-order chi connectivity index (χ1) is 15.3. The van der Waals surface area contributed by atoms with E-state index in [1.807, 2.05) is 7.05 Å². The molecule has 5 aliphatic rings. The summed E-state index contributed by atoms with van der Waals surface area (Å²) in [6.45, 7) is 3.61. The number of carbonyl (C=O) groups is 4. The number of nitrogens with two attached hydrogens (primary N) is 1. The van der Waals surface area contributed by atoms with Gasteiger partial charge in [-0.3, -0.25) is 24.1 Å². The number of carbonyl (C=O) groups excluding carboxylic acids is 4. The largest absolute Gasteiger partial charge is 0.368 e. The van der Waals surface area contributed by atoms with Crippen LogP contribution in [-0.4, -0.2) is 102 Å². The summed E-state index contributed by atoms with van der Waals surface area (Å²) < 4.78 is 0. The minimum absolute atomic E-state index is 0.000294. The third kappa shape index (κ3) is 4.91. The number of piperidine rings is 2. The molecule has 5 saturated heterocycles. The normalized spacial score (nSPS) is 31.0. The molecule has 1 spiro atoms. The number of nitrogens with zero attached hydrogens (tertiary/aromatic N) is 3. The minimum atomic E-state index is -1.04. The molecule has 5 aliphatic heterocycles. The van der Waals surface area contributed by atoms with Gasteiger partial charge < -0.3 is 26.2 Å². The van der Waals surface area contributed by atoms with Gasteiger partial charge in [0.1, 0.15) is 6.04 Å². The van der Waals surface area contributed by atoms with Crippen molar-refractivity contribution in [3.63, 3.8) is 0 Å². The molecule has 4 N–H and O–H groups in total. The Kier molecular flexibility index (Phi) is 6.71. The SMILES string of the molecule is CN1CCC2(CC1)CC(=O)N[C@H](C(N)=O)CC(=O)N1CCC(CC1)N1CCC[C@H]1C(=O)N2. The molecule has 10 nitrogen and oxygen atoms in total. The second-order valence-corrected chi connectivity index (χ2v) is 9.98. The molecule has 0 aromatic rings. The molecule has 2 bridgehead atoms. The van der Waals surface area contributed by atoms with Crippen LogP contribution in [0.25, 0.3) is 0 Å². The maximum atomic E-state index is 13.5. The molecular formula is C22H36N6O4. The number of nitrogens with one attached hydrogen (secondary N) is 2. The predicted molar refractivity (Wildman–Crippen MR) is 117 cm³/mol. The second kappa shape index (κ2) is 9.35. The number of likely N-dealkylation sites (tertiary alicyclic amines) is 1. The van der Waals surface area contributed by atoms with Gasteiger partial charge in [-0.2, -0.15) is 0 Å². The van der Waals surface area contributed by atoms with E-state index < -0.39 is 17.5 Å². The first-order valence-corrected chi connectivity index (χ1v) is 11.9. The summed E-state index contributed by atoms with van der Waals surface area (Å²) in [6, 6.07) is -0.965. The summed E-state index contributed by atoms with van der Waals surface area (Å²) in [5.41, 5.74) is 4.86. The lowest BCUT2D eigenvalue weighted by Gasteiger charge is -2.43. The lowest BCUT2D eigenvalue weighted by atomic mass is 9.83. The fourth-order valence-electron chi connectivity index (χ4n) is 5.77. The third-order valence-electron chi connectivity index (χ3n) is 7.77. The molecule has 10 heteroatoms. The van der Waals surface area contributed by atoms with Crippen LogP contribution >= 0.6 is 0 Å². The Morgan fingerprint density at radius 3 is 2.38 bits per heavy atom. The van der Waals surface area contributed by atoms with Gasteiger partial charge in [0.15, 0.2) is 0 Å². The Hall–Kier alpha value is -2.20. The summed E-state index contributed by atoms with van der Waals surface area (Å²) in [5, 5.41) is 5.95. The molecular weight excluding hydrogens is 412 g/mol. The van der Waals surface area contributed by atoms with Crippen molar-refractivity contribution in [2.24, 2.45) is 5.73 Å². The maximum Gasteiger partial charge on any atom is 0.240 e. The van der Waals surface area contributed by atoms with Crippen LogP contribution in [0.5, 0.6) is 0 Å². The smallest absolute Gasteiger partial charge is 0.240 e. The fourth-order valence-corrected chi connectivity index (χ4v) is 5.77. The van der Waals surface area contributed by atoms with Gasteiger partial charge in [-0.15, -0.1) is 0 Å². The van der Waals surface area contributed by atoms with E-state index in [1.54, 1.807) is 4.90 Å². The Morgan fingerprint density at radius 1 is 1.03 bits per heavy atom. The zero-order valence-electron chi connectivity index (χ0n) is 19.0. The molecule has 178 valence electrons. The number of primary amides is 1. The van der Waals surface area contributed by atoms with Crippen molar-refractivity contribution < 1.29 is 19.2 Å². The van der Waals surface area contributed by atoms with Crippen molar-refractivity contribution in [2.45, 2.75) is 75.0 Å². The Labute approximate surface area is 189 Å². The van der Waals surface area contributed by atoms with Crippen molar-refractivity contribution in [1.82, 2.24) is 25.3 Å². The highest BCUT2D eigenvalue weighted by molar-refractivity contribution is 5.92. The fraction of sp³-hybridized carbons (Fsp3) is 0.818. The van der Waals surface area contributed by atoms with Crippen LogP contribution in [0.2, 0.25) is 0 Å². The first-order valence-electron chi connectivity index (χ1n) is 11.9. The van der Waals surface area contributed by atoms with Crippen molar-refractivity contribution in [3.05, 3.63) is 0 Å². The van der Waals surface area contributed by atoms with Crippen LogP contribution in [0.4, 0.5) is 0 Å². The van der Waals surface area contributed by atoms with Gasteiger partial charge in [0.2, 0.25) is 23.6 Å². The monoisotopic (exact) mass is 448 g/mol. The lowest BCUT2D eigenvalue weighted by molar-refractivity contribution is -0.136.